The molecule has 0 radical (unpaired) electrons. The summed E-state index contributed by atoms with van der Waals surface area (Å²) in [5.74, 6) is -5.69. The molecule has 20 heteroatoms. The second-order valence-corrected chi connectivity index (χ2v) is 16.1. The maximum absolute atomic E-state index is 14.2. The summed E-state index contributed by atoms with van der Waals surface area (Å²) in [5.41, 5.74) is 17.7. The average molecular weight is 883 g/mol. The Bertz CT molecular complexity index is 1820. The number of hydrogen-bond acceptors (Lipinski definition) is 11. The number of primary amides is 2. The van der Waals surface area contributed by atoms with E-state index in [0.717, 1.165) is 0 Å². The lowest BCUT2D eigenvalue weighted by molar-refractivity contribution is -0.134. The minimum absolute atomic E-state index is 0.0260. The highest BCUT2D eigenvalue weighted by Gasteiger charge is 2.32. The molecule has 0 saturated heterocycles. The highest BCUT2D eigenvalue weighted by Crippen LogP contribution is 2.10. The second-order valence-electron chi connectivity index (χ2n) is 15.1. The van der Waals surface area contributed by atoms with Crippen molar-refractivity contribution in [2.45, 2.75) is 101 Å². The molecule has 0 spiro atoms. The van der Waals surface area contributed by atoms with E-state index in [1.807, 2.05) is 20.1 Å². The zero-order valence-corrected chi connectivity index (χ0v) is 36.5. The summed E-state index contributed by atoms with van der Waals surface area (Å²) in [5, 5.41) is 18.3. The molecule has 19 nitrogen and oxygen atoms in total. The normalized spacial score (nSPS) is 13.8. The van der Waals surface area contributed by atoms with Gasteiger partial charge in [0.2, 0.25) is 53.2 Å². The summed E-state index contributed by atoms with van der Waals surface area (Å²) >= 11 is 1.51. The molecule has 6 atom stereocenters. The second kappa shape index (κ2) is 27.8. The molecule has 0 unspecified atom stereocenters. The number of rotatable bonds is 28. The van der Waals surface area contributed by atoms with Crippen molar-refractivity contribution in [3.05, 3.63) is 71.8 Å². The number of carbonyl (C=O) groups is 9. The fourth-order valence-corrected chi connectivity index (χ4v) is 6.59. The molecule has 0 fully saturated rings. The SMILES string of the molecule is CNC(=O)[C@@H](CCSC)NC(=O)[C@H](CC(C)C)NC(=O)CNC(=O)[C@H](Cc1ccccc1)NC(=O)[C@H](Cc1ccccc1)NC(=O)[C@H](CCC(N)=O)NC(=O)[C@@H](N)CCC(N)=O. The van der Waals surface area contributed by atoms with E-state index < -0.39 is 90.1 Å². The first-order chi connectivity index (χ1) is 29.4. The smallest absolute Gasteiger partial charge is 0.243 e. The lowest BCUT2D eigenvalue weighted by Crippen LogP contribution is -2.59. The van der Waals surface area contributed by atoms with Gasteiger partial charge in [-0.1, -0.05) is 74.5 Å². The number of carbonyl (C=O) groups excluding carboxylic acids is 9. The third-order valence-corrected chi connectivity index (χ3v) is 10.1. The van der Waals surface area contributed by atoms with Gasteiger partial charge in [0.05, 0.1) is 12.6 Å². The van der Waals surface area contributed by atoms with E-state index in [-0.39, 0.29) is 56.8 Å². The maximum atomic E-state index is 14.2. The molecule has 0 bridgehead atoms. The Labute approximate surface area is 366 Å². The van der Waals surface area contributed by atoms with Crippen molar-refractivity contribution in [2.75, 3.05) is 25.6 Å². The van der Waals surface area contributed by atoms with Gasteiger partial charge in [0.25, 0.3) is 0 Å². The van der Waals surface area contributed by atoms with Gasteiger partial charge < -0.3 is 54.4 Å². The third-order valence-electron chi connectivity index (χ3n) is 9.45. The third kappa shape index (κ3) is 20.0. The first-order valence-electron chi connectivity index (χ1n) is 20.3. The van der Waals surface area contributed by atoms with Gasteiger partial charge in [-0.3, -0.25) is 43.2 Å². The lowest BCUT2D eigenvalue weighted by atomic mass is 10.0. The number of amides is 9. The van der Waals surface area contributed by atoms with E-state index in [4.69, 9.17) is 17.2 Å². The maximum Gasteiger partial charge on any atom is 0.243 e. The molecule has 0 heterocycles. The van der Waals surface area contributed by atoms with Crippen molar-refractivity contribution in [1.29, 1.82) is 0 Å². The van der Waals surface area contributed by atoms with Gasteiger partial charge in [-0.25, -0.2) is 0 Å². The van der Waals surface area contributed by atoms with E-state index in [1.165, 1.54) is 18.8 Å². The molecule has 9 amide bonds. The van der Waals surface area contributed by atoms with Crippen molar-refractivity contribution < 1.29 is 43.2 Å². The van der Waals surface area contributed by atoms with Crippen molar-refractivity contribution in [1.82, 2.24) is 37.2 Å². The van der Waals surface area contributed by atoms with E-state index in [9.17, 15) is 43.2 Å². The number of likely N-dealkylation sites (N-methyl/N-ethyl adjacent to an activating group) is 1. The number of benzene rings is 2. The van der Waals surface area contributed by atoms with Crippen LogP contribution < -0.4 is 54.4 Å². The Kier molecular flexibility index (Phi) is 23.3. The number of nitrogens with one attached hydrogen (secondary N) is 7. The predicted octanol–water partition coefficient (Wildman–Crippen LogP) is -1.58. The fraction of sp³-hybridized carbons (Fsp3) is 0.500. The van der Waals surface area contributed by atoms with Crippen LogP contribution in [0.4, 0.5) is 0 Å². The molecule has 0 aliphatic heterocycles. The first kappa shape index (κ1) is 52.1. The van der Waals surface area contributed by atoms with Crippen LogP contribution in [0.25, 0.3) is 0 Å². The summed E-state index contributed by atoms with van der Waals surface area (Å²) < 4.78 is 0. The van der Waals surface area contributed by atoms with Crippen LogP contribution in [0.2, 0.25) is 0 Å². The van der Waals surface area contributed by atoms with Gasteiger partial charge in [-0.15, -0.1) is 0 Å². The lowest BCUT2D eigenvalue weighted by Gasteiger charge is -2.26. The van der Waals surface area contributed by atoms with E-state index in [0.29, 0.717) is 23.3 Å². The monoisotopic (exact) mass is 882 g/mol. The molecular weight excluding hydrogens is 821 g/mol. The van der Waals surface area contributed by atoms with E-state index >= 15 is 0 Å². The van der Waals surface area contributed by atoms with Gasteiger partial charge in [-0.05, 0) is 54.7 Å². The molecule has 0 saturated carbocycles. The van der Waals surface area contributed by atoms with Crippen LogP contribution in [0.1, 0.15) is 63.5 Å². The highest BCUT2D eigenvalue weighted by atomic mass is 32.2. The Morgan fingerprint density at radius 3 is 1.52 bits per heavy atom. The molecule has 13 N–H and O–H groups in total. The molecule has 0 aliphatic carbocycles. The van der Waals surface area contributed by atoms with Gasteiger partial charge in [-0.2, -0.15) is 11.8 Å². The van der Waals surface area contributed by atoms with Crippen LogP contribution in [-0.4, -0.2) is 115 Å². The number of thioether (sulfide) groups is 1. The first-order valence-corrected chi connectivity index (χ1v) is 21.7. The van der Waals surface area contributed by atoms with Gasteiger partial charge in [0.1, 0.15) is 30.2 Å². The Hall–Kier alpha value is -6.02. The minimum atomic E-state index is -1.38. The molecule has 2 aromatic carbocycles. The average Bonchev–Trinajstić information content (AvgIpc) is 3.23. The molecule has 0 aliphatic rings. The van der Waals surface area contributed by atoms with Crippen molar-refractivity contribution in [2.24, 2.45) is 23.1 Å². The highest BCUT2D eigenvalue weighted by molar-refractivity contribution is 7.98. The van der Waals surface area contributed by atoms with Crippen LogP contribution in [0.15, 0.2) is 60.7 Å². The molecule has 62 heavy (non-hydrogen) atoms. The Balaban J connectivity index is 2.34. The summed E-state index contributed by atoms with van der Waals surface area (Å²) in [7, 11) is 1.46. The minimum Gasteiger partial charge on any atom is -0.370 e. The molecule has 0 aromatic heterocycles. The zero-order valence-electron chi connectivity index (χ0n) is 35.7. The molecule has 2 rings (SSSR count). The van der Waals surface area contributed by atoms with Crippen molar-refractivity contribution in [3.8, 4) is 0 Å². The van der Waals surface area contributed by atoms with E-state index in [2.05, 4.69) is 37.2 Å². The van der Waals surface area contributed by atoms with Gasteiger partial charge in [0.15, 0.2) is 0 Å². The predicted molar refractivity (Wildman–Crippen MR) is 234 cm³/mol. The fourth-order valence-electron chi connectivity index (χ4n) is 6.12. The topological polar surface area (TPSA) is 316 Å². The van der Waals surface area contributed by atoms with Crippen molar-refractivity contribution in [3.63, 3.8) is 0 Å². The number of hydrogen-bond donors (Lipinski definition) is 10. The molecule has 2 aromatic rings. The Morgan fingerprint density at radius 2 is 1.02 bits per heavy atom. The summed E-state index contributed by atoms with van der Waals surface area (Å²) in [4.78, 5) is 117. The van der Waals surface area contributed by atoms with E-state index in [1.54, 1.807) is 60.7 Å². The van der Waals surface area contributed by atoms with Crippen LogP contribution in [0.5, 0.6) is 0 Å². The quantitative estimate of drug-likeness (QED) is 0.0465. The summed E-state index contributed by atoms with van der Waals surface area (Å²) in [6.07, 6.45) is 1.54. The zero-order chi connectivity index (χ0) is 46.2. The number of nitrogens with two attached hydrogens (primary N) is 3. The summed E-state index contributed by atoms with van der Waals surface area (Å²) in [6, 6.07) is 10.4. The van der Waals surface area contributed by atoms with Gasteiger partial charge >= 0.3 is 0 Å². The van der Waals surface area contributed by atoms with Crippen LogP contribution in [0, 0.1) is 5.92 Å². The largest absolute Gasteiger partial charge is 0.370 e. The summed E-state index contributed by atoms with van der Waals surface area (Å²) in [6.45, 7) is 3.16. The molecule has 340 valence electrons. The van der Waals surface area contributed by atoms with Gasteiger partial charge in [0, 0.05) is 32.7 Å². The van der Waals surface area contributed by atoms with Crippen LogP contribution >= 0.6 is 11.8 Å². The standard InChI is InChI=1S/C42H62N10O9S/c1-25(2)21-31(41(60)50-30(19-20-62-4)38(57)46-3)48-36(55)24-47-39(58)32(22-26-11-7-5-8-12-26)51-42(61)33(23-27-13-9-6-10-14-27)52-40(59)29(16-18-35(45)54)49-37(56)28(43)15-17-34(44)53/h5-14,25,28-33H,15-24,43H2,1-4H3,(H2,44,53)(H2,45,54)(H,46,57)(H,47,58)(H,48,55)(H,49,56)(H,50,60)(H,51,61)(H,52,59)/t28-,29-,30+,31-,32-,33-/m0/s1. The van der Waals surface area contributed by atoms with Crippen molar-refractivity contribution >= 4 is 64.9 Å². The van der Waals surface area contributed by atoms with Crippen LogP contribution in [-0.2, 0) is 56.0 Å². The van der Waals surface area contributed by atoms with Crippen LogP contribution in [0.3, 0.4) is 0 Å². The molecular formula is C42H62N10O9S. The Morgan fingerprint density at radius 1 is 0.565 bits per heavy atom.